The monoisotopic (exact) mass is 393 g/mol. The summed E-state index contributed by atoms with van der Waals surface area (Å²) in [6.07, 6.45) is 5.93. The number of aromatic nitrogens is 1. The number of alkyl halides is 2. The summed E-state index contributed by atoms with van der Waals surface area (Å²) in [5.41, 5.74) is 6.19. The molecule has 154 valence electrons. The predicted molar refractivity (Wildman–Crippen MR) is 101 cm³/mol. The van der Waals surface area contributed by atoms with Crippen LogP contribution in [-0.4, -0.2) is 48.0 Å². The fourth-order valence-corrected chi connectivity index (χ4v) is 5.89. The van der Waals surface area contributed by atoms with Gasteiger partial charge < -0.3 is 10.5 Å². The van der Waals surface area contributed by atoms with Crippen molar-refractivity contribution in [2.24, 2.45) is 17.6 Å². The van der Waals surface area contributed by atoms with E-state index in [0.717, 1.165) is 37.9 Å². The van der Waals surface area contributed by atoms with E-state index in [1.54, 1.807) is 19.4 Å². The Bertz CT molecular complexity index is 718. The van der Waals surface area contributed by atoms with Gasteiger partial charge in [-0.05, 0) is 43.4 Å². The average Bonchev–Trinajstić information content (AvgIpc) is 2.67. The Morgan fingerprint density at radius 3 is 2.43 bits per heavy atom. The van der Waals surface area contributed by atoms with Crippen molar-refractivity contribution in [3.8, 4) is 0 Å². The number of nitrogens with zero attached hydrogens (tertiary/aromatic N) is 2. The van der Waals surface area contributed by atoms with Gasteiger partial charge in [0.1, 0.15) is 11.3 Å². The molecule has 2 aliphatic carbocycles. The molecule has 2 saturated carbocycles. The van der Waals surface area contributed by atoms with Gasteiger partial charge in [-0.25, -0.2) is 8.78 Å². The summed E-state index contributed by atoms with van der Waals surface area (Å²) in [5.74, 6) is -2.52. The summed E-state index contributed by atoms with van der Waals surface area (Å²) < 4.78 is 33.4. The van der Waals surface area contributed by atoms with Gasteiger partial charge >= 0.3 is 0 Å². The number of methoxy groups -OCH3 is 1. The van der Waals surface area contributed by atoms with Crippen molar-refractivity contribution in [3.05, 3.63) is 29.6 Å². The summed E-state index contributed by atoms with van der Waals surface area (Å²) in [6.45, 7) is 1.68. The summed E-state index contributed by atoms with van der Waals surface area (Å²) in [7, 11) is 1.74. The molecule has 1 amide bonds. The number of nitrogens with two attached hydrogens (primary N) is 1. The number of pyridine rings is 1. The van der Waals surface area contributed by atoms with Gasteiger partial charge in [-0.15, -0.1) is 0 Å². The van der Waals surface area contributed by atoms with E-state index in [0.29, 0.717) is 12.8 Å². The van der Waals surface area contributed by atoms with Crippen LogP contribution < -0.4 is 5.73 Å². The minimum Gasteiger partial charge on any atom is -0.373 e. The number of amides is 1. The molecule has 4 rings (SSSR count). The van der Waals surface area contributed by atoms with Crippen LogP contribution in [0.1, 0.15) is 61.0 Å². The average molecular weight is 393 g/mol. The van der Waals surface area contributed by atoms with Crippen molar-refractivity contribution in [2.45, 2.75) is 62.5 Å². The standard InChI is InChI=1S/C21H29F2N3O2/c1-28-21(14-7-10-25-18(11-14)19(24)27)15-3-2-4-16(21)13-26(12-15)17-5-8-20(22,23)9-6-17/h7,10-11,15-17H,2-6,8-9,12-13H2,1H3,(H2,24,27)/t15-,16+,21?. The number of halogens is 2. The number of likely N-dealkylation sites (tertiary alicyclic amines) is 1. The number of primary amides is 1. The van der Waals surface area contributed by atoms with Gasteiger partial charge in [0, 0.05) is 57.1 Å². The number of ether oxygens (including phenoxy) is 1. The molecule has 3 fully saturated rings. The fraction of sp³-hybridized carbons (Fsp3) is 0.714. The first-order valence-corrected chi connectivity index (χ1v) is 10.3. The maximum Gasteiger partial charge on any atom is 0.267 e. The Morgan fingerprint density at radius 1 is 1.21 bits per heavy atom. The highest BCUT2D eigenvalue weighted by molar-refractivity contribution is 5.90. The van der Waals surface area contributed by atoms with Crippen molar-refractivity contribution in [1.29, 1.82) is 0 Å². The molecule has 2 heterocycles. The number of fused-ring (bicyclic) bond motifs is 2. The molecule has 28 heavy (non-hydrogen) atoms. The minimum absolute atomic E-state index is 0.00868. The van der Waals surface area contributed by atoms with Crippen LogP contribution in [0.2, 0.25) is 0 Å². The van der Waals surface area contributed by atoms with Crippen LogP contribution in [0.3, 0.4) is 0 Å². The molecule has 3 aliphatic rings. The van der Waals surface area contributed by atoms with Crippen LogP contribution in [0.15, 0.2) is 18.3 Å². The number of hydrogen-bond donors (Lipinski definition) is 1. The molecule has 5 nitrogen and oxygen atoms in total. The molecule has 0 spiro atoms. The fourth-order valence-electron chi connectivity index (χ4n) is 5.89. The number of carbonyl (C=O) groups excluding carboxylic acids is 1. The van der Waals surface area contributed by atoms with Gasteiger partial charge in [-0.1, -0.05) is 6.42 Å². The third-order valence-corrected chi connectivity index (χ3v) is 7.23. The van der Waals surface area contributed by atoms with Crippen LogP contribution >= 0.6 is 0 Å². The Hall–Kier alpha value is -1.60. The third kappa shape index (κ3) is 3.32. The zero-order valence-corrected chi connectivity index (χ0v) is 16.4. The van der Waals surface area contributed by atoms with Crippen LogP contribution in [0.4, 0.5) is 8.78 Å². The van der Waals surface area contributed by atoms with E-state index < -0.39 is 17.4 Å². The van der Waals surface area contributed by atoms with Gasteiger partial charge in [0.05, 0.1) is 0 Å². The highest BCUT2D eigenvalue weighted by atomic mass is 19.3. The zero-order chi connectivity index (χ0) is 19.9. The second-order valence-electron chi connectivity index (χ2n) is 8.66. The molecule has 1 aromatic rings. The lowest BCUT2D eigenvalue weighted by Crippen LogP contribution is -2.61. The zero-order valence-electron chi connectivity index (χ0n) is 16.4. The molecule has 1 aromatic heterocycles. The third-order valence-electron chi connectivity index (χ3n) is 7.23. The van der Waals surface area contributed by atoms with E-state index in [2.05, 4.69) is 9.88 Å². The first kappa shape index (κ1) is 19.7. The summed E-state index contributed by atoms with van der Waals surface area (Å²) in [4.78, 5) is 18.1. The Morgan fingerprint density at radius 2 is 1.86 bits per heavy atom. The number of hydrogen-bond acceptors (Lipinski definition) is 4. The van der Waals surface area contributed by atoms with Gasteiger partial charge in [0.15, 0.2) is 0 Å². The first-order chi connectivity index (χ1) is 13.4. The smallest absolute Gasteiger partial charge is 0.267 e. The highest BCUT2D eigenvalue weighted by Crippen LogP contribution is 2.52. The Balaban J connectivity index is 1.61. The van der Waals surface area contributed by atoms with Crippen molar-refractivity contribution in [3.63, 3.8) is 0 Å². The quantitative estimate of drug-likeness (QED) is 0.852. The van der Waals surface area contributed by atoms with Gasteiger partial charge in [0.2, 0.25) is 5.92 Å². The predicted octanol–water partition coefficient (Wildman–Crippen LogP) is 3.33. The maximum atomic E-state index is 13.6. The molecule has 1 unspecified atom stereocenters. The molecule has 0 radical (unpaired) electrons. The van der Waals surface area contributed by atoms with E-state index in [-0.39, 0.29) is 36.4 Å². The highest BCUT2D eigenvalue weighted by Gasteiger charge is 2.54. The van der Waals surface area contributed by atoms with Crippen LogP contribution in [0, 0.1) is 11.8 Å². The SMILES string of the molecule is COC1(c2ccnc(C(N)=O)c2)[C@@H]2CCC[C@H]1CN(C1CCC(F)(F)CC1)C2. The van der Waals surface area contributed by atoms with Crippen molar-refractivity contribution in [2.75, 3.05) is 20.2 Å². The van der Waals surface area contributed by atoms with Crippen LogP contribution in [0.5, 0.6) is 0 Å². The maximum absolute atomic E-state index is 13.6. The molecule has 0 aromatic carbocycles. The lowest BCUT2D eigenvalue weighted by Gasteiger charge is -2.57. The molecule has 2 bridgehead atoms. The normalized spacial score (nSPS) is 33.5. The van der Waals surface area contributed by atoms with E-state index in [1.165, 1.54) is 0 Å². The van der Waals surface area contributed by atoms with E-state index in [4.69, 9.17) is 10.5 Å². The van der Waals surface area contributed by atoms with Gasteiger partial charge in [0.25, 0.3) is 5.91 Å². The molecule has 3 atom stereocenters. The molecule has 7 heteroatoms. The van der Waals surface area contributed by atoms with Gasteiger partial charge in [-0.2, -0.15) is 0 Å². The molecular weight excluding hydrogens is 364 g/mol. The lowest BCUT2D eigenvalue weighted by molar-refractivity contribution is -0.178. The van der Waals surface area contributed by atoms with Crippen LogP contribution in [-0.2, 0) is 10.3 Å². The summed E-state index contributed by atoms with van der Waals surface area (Å²) in [6, 6.07) is 3.93. The molecular formula is C21H29F2N3O2. The Labute approximate surface area is 164 Å². The summed E-state index contributed by atoms with van der Waals surface area (Å²) in [5, 5.41) is 0. The van der Waals surface area contributed by atoms with Crippen molar-refractivity contribution in [1.82, 2.24) is 9.88 Å². The minimum atomic E-state index is -2.50. The summed E-state index contributed by atoms with van der Waals surface area (Å²) >= 11 is 0. The number of carbonyl (C=O) groups is 1. The second-order valence-corrected chi connectivity index (χ2v) is 8.66. The topological polar surface area (TPSA) is 68.5 Å². The van der Waals surface area contributed by atoms with Crippen molar-refractivity contribution >= 4 is 5.91 Å². The van der Waals surface area contributed by atoms with Crippen LogP contribution in [0.25, 0.3) is 0 Å². The number of piperidine rings is 1. The van der Waals surface area contributed by atoms with E-state index >= 15 is 0 Å². The Kier molecular flexibility index (Phi) is 5.16. The first-order valence-electron chi connectivity index (χ1n) is 10.3. The number of rotatable bonds is 4. The second kappa shape index (κ2) is 7.34. The van der Waals surface area contributed by atoms with E-state index in [1.807, 2.05) is 6.07 Å². The van der Waals surface area contributed by atoms with Crippen molar-refractivity contribution < 1.29 is 18.3 Å². The largest absolute Gasteiger partial charge is 0.373 e. The molecule has 1 saturated heterocycles. The molecule has 1 aliphatic heterocycles. The van der Waals surface area contributed by atoms with Gasteiger partial charge in [-0.3, -0.25) is 14.7 Å². The lowest BCUT2D eigenvalue weighted by atomic mass is 9.62. The molecule has 2 N–H and O–H groups in total. The van der Waals surface area contributed by atoms with E-state index in [9.17, 15) is 13.6 Å².